The number of rotatable bonds is 2. The molecule has 1 saturated carbocycles. The van der Waals surface area contributed by atoms with Gasteiger partial charge in [-0.15, -0.1) is 0 Å². The van der Waals surface area contributed by atoms with E-state index in [2.05, 4.69) is 0 Å². The maximum Gasteiger partial charge on any atom is 0.243 e. The highest BCUT2D eigenvalue weighted by Crippen LogP contribution is 2.40. The molecular formula is C15H22N2O2S. The summed E-state index contributed by atoms with van der Waals surface area (Å²) < 4.78 is 27.2. The Morgan fingerprint density at radius 2 is 1.75 bits per heavy atom. The van der Waals surface area contributed by atoms with Gasteiger partial charge >= 0.3 is 0 Å². The summed E-state index contributed by atoms with van der Waals surface area (Å²) >= 11 is 0. The average Bonchev–Trinajstić information content (AvgIpc) is 2.95. The largest absolute Gasteiger partial charge is 0.398 e. The van der Waals surface area contributed by atoms with Gasteiger partial charge in [-0.3, -0.25) is 0 Å². The third-order valence-electron chi connectivity index (χ3n) is 5.01. The van der Waals surface area contributed by atoms with Crippen LogP contribution in [0, 0.1) is 25.7 Å². The lowest BCUT2D eigenvalue weighted by atomic mass is 10.0. The van der Waals surface area contributed by atoms with Crippen LogP contribution in [0.3, 0.4) is 0 Å². The zero-order valence-electron chi connectivity index (χ0n) is 12.1. The Hall–Kier alpha value is -1.07. The van der Waals surface area contributed by atoms with Crippen LogP contribution in [0.15, 0.2) is 17.0 Å². The molecule has 0 aromatic heterocycles. The lowest BCUT2D eigenvalue weighted by Gasteiger charge is -2.18. The topological polar surface area (TPSA) is 63.4 Å². The molecule has 1 saturated heterocycles. The van der Waals surface area contributed by atoms with Crippen molar-refractivity contribution in [2.45, 2.75) is 38.0 Å². The summed E-state index contributed by atoms with van der Waals surface area (Å²) in [6, 6.07) is 3.35. The first-order chi connectivity index (χ1) is 9.39. The minimum absolute atomic E-state index is 0.345. The van der Waals surface area contributed by atoms with E-state index in [-0.39, 0.29) is 0 Å². The van der Waals surface area contributed by atoms with Gasteiger partial charge in [0.15, 0.2) is 0 Å². The second-order valence-electron chi connectivity index (χ2n) is 6.23. The van der Waals surface area contributed by atoms with E-state index in [9.17, 15) is 8.42 Å². The highest BCUT2D eigenvalue weighted by molar-refractivity contribution is 7.89. The predicted octanol–water partition coefficient (Wildman–Crippen LogP) is 2.31. The first-order valence-corrected chi connectivity index (χ1v) is 8.70. The Labute approximate surface area is 121 Å². The second-order valence-corrected chi connectivity index (χ2v) is 8.17. The van der Waals surface area contributed by atoms with Crippen LogP contribution in [0.1, 0.15) is 30.4 Å². The quantitative estimate of drug-likeness (QED) is 0.851. The summed E-state index contributed by atoms with van der Waals surface area (Å²) in [5.74, 6) is 1.13. The van der Waals surface area contributed by atoms with Gasteiger partial charge in [0, 0.05) is 18.8 Å². The minimum Gasteiger partial charge on any atom is -0.398 e. The van der Waals surface area contributed by atoms with E-state index in [0.717, 1.165) is 11.1 Å². The molecule has 5 heteroatoms. The predicted molar refractivity (Wildman–Crippen MR) is 79.9 cm³/mol. The lowest BCUT2D eigenvalue weighted by Crippen LogP contribution is -2.29. The fraction of sp³-hybridized carbons (Fsp3) is 0.600. The Balaban J connectivity index is 1.93. The molecule has 0 bridgehead atoms. The fourth-order valence-corrected chi connectivity index (χ4v) is 5.21. The molecule has 2 unspecified atom stereocenters. The molecule has 2 aliphatic rings. The third kappa shape index (κ3) is 2.13. The van der Waals surface area contributed by atoms with Gasteiger partial charge in [-0.1, -0.05) is 6.42 Å². The van der Waals surface area contributed by atoms with Crippen LogP contribution in [0.25, 0.3) is 0 Å². The Bertz CT molecular complexity index is 604. The van der Waals surface area contributed by atoms with E-state index in [1.165, 1.54) is 19.3 Å². The summed E-state index contributed by atoms with van der Waals surface area (Å²) in [6.45, 7) is 5.18. The molecule has 0 radical (unpaired) electrons. The van der Waals surface area contributed by atoms with Gasteiger partial charge in [0.1, 0.15) is 0 Å². The lowest BCUT2D eigenvalue weighted by molar-refractivity contribution is 0.445. The van der Waals surface area contributed by atoms with E-state index in [4.69, 9.17) is 5.73 Å². The van der Waals surface area contributed by atoms with E-state index >= 15 is 0 Å². The molecular weight excluding hydrogens is 272 g/mol. The molecule has 1 aliphatic heterocycles. The molecule has 20 heavy (non-hydrogen) atoms. The van der Waals surface area contributed by atoms with Crippen LogP contribution in [0.2, 0.25) is 0 Å². The van der Waals surface area contributed by atoms with Gasteiger partial charge < -0.3 is 5.73 Å². The molecule has 0 spiro atoms. The maximum atomic E-state index is 12.8. The summed E-state index contributed by atoms with van der Waals surface area (Å²) in [5, 5.41) is 0. The first kappa shape index (κ1) is 13.9. The van der Waals surface area contributed by atoms with Crippen molar-refractivity contribution in [2.75, 3.05) is 18.8 Å². The van der Waals surface area contributed by atoms with Crippen molar-refractivity contribution in [3.8, 4) is 0 Å². The number of hydrogen-bond acceptors (Lipinski definition) is 3. The van der Waals surface area contributed by atoms with Crippen molar-refractivity contribution in [2.24, 2.45) is 11.8 Å². The zero-order chi connectivity index (χ0) is 14.5. The van der Waals surface area contributed by atoms with Gasteiger partial charge in [-0.05, 0) is 61.8 Å². The molecule has 1 aliphatic carbocycles. The number of hydrogen-bond donors (Lipinski definition) is 1. The number of nitrogen functional groups attached to an aromatic ring is 1. The second kappa shape index (κ2) is 4.74. The van der Waals surface area contributed by atoms with Crippen molar-refractivity contribution < 1.29 is 8.42 Å². The summed E-state index contributed by atoms with van der Waals surface area (Å²) in [5.41, 5.74) is 8.38. The van der Waals surface area contributed by atoms with Crippen molar-refractivity contribution in [1.29, 1.82) is 0 Å². The number of anilines is 1. The van der Waals surface area contributed by atoms with Crippen LogP contribution in [-0.2, 0) is 10.0 Å². The number of fused-ring (bicyclic) bond motifs is 1. The average molecular weight is 294 g/mol. The molecule has 2 atom stereocenters. The highest BCUT2D eigenvalue weighted by atomic mass is 32.2. The summed E-state index contributed by atoms with van der Waals surface area (Å²) in [6.07, 6.45) is 3.59. The van der Waals surface area contributed by atoms with Crippen molar-refractivity contribution in [3.63, 3.8) is 0 Å². The van der Waals surface area contributed by atoms with Crippen LogP contribution in [0.4, 0.5) is 5.69 Å². The van der Waals surface area contributed by atoms with Gasteiger partial charge in [-0.2, -0.15) is 4.31 Å². The highest BCUT2D eigenvalue weighted by Gasteiger charge is 2.41. The molecule has 0 amide bonds. The van der Waals surface area contributed by atoms with E-state index in [1.807, 2.05) is 13.8 Å². The number of nitrogens with zero attached hydrogens (tertiary/aromatic N) is 1. The standard InChI is InChI=1S/C15H22N2O2S/c1-10-6-14(7-15(16)11(10)2)20(18,19)17-8-12-4-3-5-13(12)9-17/h6-7,12-13H,3-5,8-9,16H2,1-2H3. The zero-order valence-corrected chi connectivity index (χ0v) is 12.9. The molecule has 1 aromatic rings. The number of nitrogens with two attached hydrogens (primary N) is 1. The molecule has 1 heterocycles. The van der Waals surface area contributed by atoms with Gasteiger partial charge in [-0.25, -0.2) is 8.42 Å². The first-order valence-electron chi connectivity index (χ1n) is 7.26. The van der Waals surface area contributed by atoms with Crippen LogP contribution in [0.5, 0.6) is 0 Å². The van der Waals surface area contributed by atoms with Crippen LogP contribution >= 0.6 is 0 Å². The van der Waals surface area contributed by atoms with Gasteiger partial charge in [0.25, 0.3) is 0 Å². The van der Waals surface area contributed by atoms with Crippen LogP contribution < -0.4 is 5.73 Å². The van der Waals surface area contributed by atoms with E-state index < -0.39 is 10.0 Å². The Kier molecular flexibility index (Phi) is 3.29. The van der Waals surface area contributed by atoms with Crippen molar-refractivity contribution in [3.05, 3.63) is 23.3 Å². The van der Waals surface area contributed by atoms with E-state index in [1.54, 1.807) is 16.4 Å². The van der Waals surface area contributed by atoms with Gasteiger partial charge in [0.2, 0.25) is 10.0 Å². The van der Waals surface area contributed by atoms with Crippen molar-refractivity contribution in [1.82, 2.24) is 4.31 Å². The number of benzene rings is 1. The molecule has 2 N–H and O–H groups in total. The van der Waals surface area contributed by atoms with E-state index in [0.29, 0.717) is 35.5 Å². The summed E-state index contributed by atoms with van der Waals surface area (Å²) in [4.78, 5) is 0.345. The molecule has 1 aromatic carbocycles. The molecule has 110 valence electrons. The Morgan fingerprint density at radius 1 is 1.15 bits per heavy atom. The van der Waals surface area contributed by atoms with Crippen LogP contribution in [-0.4, -0.2) is 25.8 Å². The summed E-state index contributed by atoms with van der Waals surface area (Å²) in [7, 11) is -3.39. The van der Waals surface area contributed by atoms with Gasteiger partial charge in [0.05, 0.1) is 4.90 Å². The molecule has 4 nitrogen and oxygen atoms in total. The Morgan fingerprint density at radius 3 is 2.30 bits per heavy atom. The number of aryl methyl sites for hydroxylation is 1. The monoisotopic (exact) mass is 294 g/mol. The SMILES string of the molecule is Cc1cc(S(=O)(=O)N2CC3CCCC3C2)cc(N)c1C. The third-order valence-corrected chi connectivity index (χ3v) is 6.82. The number of sulfonamides is 1. The maximum absolute atomic E-state index is 12.8. The molecule has 2 fully saturated rings. The smallest absolute Gasteiger partial charge is 0.243 e. The minimum atomic E-state index is -3.39. The molecule has 3 rings (SSSR count). The normalized spacial score (nSPS) is 26.9. The van der Waals surface area contributed by atoms with Crippen molar-refractivity contribution >= 4 is 15.7 Å². The fourth-order valence-electron chi connectivity index (χ4n) is 3.54.